The third-order valence-electron chi connectivity index (χ3n) is 1.45. The summed E-state index contributed by atoms with van der Waals surface area (Å²) < 4.78 is 0. The summed E-state index contributed by atoms with van der Waals surface area (Å²) in [6.45, 7) is 0.664. The predicted octanol–water partition coefficient (Wildman–Crippen LogP) is 1.52. The van der Waals surface area contributed by atoms with Gasteiger partial charge in [0.25, 0.3) is 0 Å². The van der Waals surface area contributed by atoms with Crippen molar-refractivity contribution < 1.29 is 0 Å². The van der Waals surface area contributed by atoms with Crippen LogP contribution >= 0.6 is 23.7 Å². The van der Waals surface area contributed by atoms with E-state index in [9.17, 15) is 0 Å². The van der Waals surface area contributed by atoms with E-state index < -0.39 is 0 Å². The smallest absolute Gasteiger partial charge is 0.0315 e. The minimum absolute atomic E-state index is 0. The van der Waals surface area contributed by atoms with E-state index in [0.717, 1.165) is 6.42 Å². The molecule has 1 aromatic rings. The molecule has 0 saturated heterocycles. The molecule has 0 aliphatic carbocycles. The van der Waals surface area contributed by atoms with Gasteiger partial charge in [0.15, 0.2) is 0 Å². The Bertz CT molecular complexity index is 177. The molecule has 4 N–H and O–H groups in total. The number of nitrogens with two attached hydrogens (primary N) is 2. The van der Waals surface area contributed by atoms with Gasteiger partial charge in [-0.2, -0.15) is 11.3 Å². The van der Waals surface area contributed by atoms with Crippen molar-refractivity contribution in [3.8, 4) is 0 Å². The Kier molecular flexibility index (Phi) is 5.50. The third-order valence-corrected chi connectivity index (χ3v) is 2.15. The molecular weight excluding hydrogens is 180 g/mol. The maximum Gasteiger partial charge on any atom is 0.0315 e. The lowest BCUT2D eigenvalue weighted by Crippen LogP contribution is -2.14. The van der Waals surface area contributed by atoms with Crippen LogP contribution in [-0.2, 0) is 0 Å². The maximum atomic E-state index is 5.78. The van der Waals surface area contributed by atoms with Crippen LogP contribution in [-0.4, -0.2) is 6.54 Å². The lowest BCUT2D eigenvalue weighted by atomic mass is 10.1. The highest BCUT2D eigenvalue weighted by molar-refractivity contribution is 7.07. The summed E-state index contributed by atoms with van der Waals surface area (Å²) in [5.74, 6) is 0. The van der Waals surface area contributed by atoms with Crippen LogP contribution < -0.4 is 11.5 Å². The van der Waals surface area contributed by atoms with Gasteiger partial charge >= 0.3 is 0 Å². The molecule has 0 bridgehead atoms. The van der Waals surface area contributed by atoms with E-state index >= 15 is 0 Å². The maximum absolute atomic E-state index is 5.78. The summed E-state index contributed by atoms with van der Waals surface area (Å²) >= 11 is 1.67. The summed E-state index contributed by atoms with van der Waals surface area (Å²) in [6, 6.07) is 2.18. The molecule has 0 amide bonds. The summed E-state index contributed by atoms with van der Waals surface area (Å²) in [4.78, 5) is 0. The van der Waals surface area contributed by atoms with E-state index in [2.05, 4.69) is 5.38 Å². The first-order valence-corrected chi connectivity index (χ1v) is 4.26. The van der Waals surface area contributed by atoms with Crippen LogP contribution in [0.5, 0.6) is 0 Å². The molecule has 11 heavy (non-hydrogen) atoms. The highest BCUT2D eigenvalue weighted by atomic mass is 35.5. The van der Waals surface area contributed by atoms with Crippen molar-refractivity contribution in [1.29, 1.82) is 0 Å². The second-order valence-corrected chi connectivity index (χ2v) is 3.02. The Hall–Kier alpha value is -0.0900. The van der Waals surface area contributed by atoms with Crippen molar-refractivity contribution in [2.24, 2.45) is 11.5 Å². The van der Waals surface area contributed by atoms with Gasteiger partial charge in [-0.25, -0.2) is 0 Å². The molecule has 0 spiro atoms. The van der Waals surface area contributed by atoms with Crippen LogP contribution in [0.2, 0.25) is 0 Å². The van der Waals surface area contributed by atoms with E-state index in [0.29, 0.717) is 6.54 Å². The Morgan fingerprint density at radius 1 is 1.55 bits per heavy atom. The van der Waals surface area contributed by atoms with Gasteiger partial charge < -0.3 is 11.5 Å². The average Bonchev–Trinajstić information content (AvgIpc) is 2.38. The van der Waals surface area contributed by atoms with Crippen LogP contribution in [0.4, 0.5) is 0 Å². The van der Waals surface area contributed by atoms with Gasteiger partial charge in [0.05, 0.1) is 0 Å². The zero-order valence-corrected chi connectivity index (χ0v) is 7.83. The Morgan fingerprint density at radius 3 is 2.73 bits per heavy atom. The SMILES string of the molecule is Cl.NCC[C@@H](N)c1ccsc1. The van der Waals surface area contributed by atoms with Crippen LogP contribution in [0.3, 0.4) is 0 Å². The summed E-state index contributed by atoms with van der Waals surface area (Å²) in [5, 5.41) is 4.10. The lowest BCUT2D eigenvalue weighted by Gasteiger charge is -2.06. The van der Waals surface area contributed by atoms with Crippen molar-refractivity contribution >= 4 is 23.7 Å². The fourth-order valence-electron chi connectivity index (χ4n) is 0.832. The molecule has 0 fully saturated rings. The molecule has 1 atom stereocenters. The highest BCUT2D eigenvalue weighted by Gasteiger charge is 2.03. The first-order chi connectivity index (χ1) is 4.84. The Balaban J connectivity index is 0.000001000. The largest absolute Gasteiger partial charge is 0.330 e. The average molecular weight is 193 g/mol. The second-order valence-electron chi connectivity index (χ2n) is 2.24. The zero-order chi connectivity index (χ0) is 7.40. The number of hydrogen-bond donors (Lipinski definition) is 2. The van der Waals surface area contributed by atoms with Gasteiger partial charge in [0.2, 0.25) is 0 Å². The van der Waals surface area contributed by atoms with Crippen LogP contribution in [0.15, 0.2) is 16.8 Å². The van der Waals surface area contributed by atoms with Gasteiger partial charge in [-0.3, -0.25) is 0 Å². The Labute approximate surface area is 77.0 Å². The van der Waals surface area contributed by atoms with Crippen LogP contribution in [0, 0.1) is 0 Å². The van der Waals surface area contributed by atoms with E-state index in [-0.39, 0.29) is 18.4 Å². The second kappa shape index (κ2) is 5.55. The third kappa shape index (κ3) is 3.20. The first kappa shape index (κ1) is 10.9. The van der Waals surface area contributed by atoms with Gasteiger partial charge in [0, 0.05) is 6.04 Å². The van der Waals surface area contributed by atoms with Gasteiger partial charge in [-0.1, -0.05) is 0 Å². The molecule has 0 aromatic carbocycles. The Morgan fingerprint density at radius 2 is 2.27 bits per heavy atom. The van der Waals surface area contributed by atoms with Gasteiger partial charge in [-0.05, 0) is 35.4 Å². The summed E-state index contributed by atoms with van der Waals surface area (Å²) in [5.41, 5.74) is 12.3. The number of halogens is 1. The molecular formula is C7H13ClN2S. The molecule has 1 aromatic heterocycles. The van der Waals surface area contributed by atoms with Crippen LogP contribution in [0.25, 0.3) is 0 Å². The summed E-state index contributed by atoms with van der Waals surface area (Å²) in [7, 11) is 0. The molecule has 64 valence electrons. The van der Waals surface area contributed by atoms with Crippen LogP contribution in [0.1, 0.15) is 18.0 Å². The molecule has 1 rings (SSSR count). The predicted molar refractivity (Wildman–Crippen MR) is 52.2 cm³/mol. The standard InChI is InChI=1S/C7H12N2S.ClH/c8-3-1-7(9)6-2-4-10-5-6;/h2,4-5,7H,1,3,8-9H2;1H/t7-;/m1./s1. The summed E-state index contributed by atoms with van der Waals surface area (Å²) in [6.07, 6.45) is 0.872. The number of rotatable bonds is 3. The fourth-order valence-corrected chi connectivity index (χ4v) is 1.56. The van der Waals surface area contributed by atoms with E-state index in [1.807, 2.05) is 11.4 Å². The monoisotopic (exact) mass is 192 g/mol. The quantitative estimate of drug-likeness (QED) is 0.763. The molecule has 0 aliphatic rings. The lowest BCUT2D eigenvalue weighted by molar-refractivity contribution is 0.663. The highest BCUT2D eigenvalue weighted by Crippen LogP contribution is 2.15. The number of hydrogen-bond acceptors (Lipinski definition) is 3. The van der Waals surface area contributed by atoms with Gasteiger partial charge in [0.1, 0.15) is 0 Å². The molecule has 4 heteroatoms. The van der Waals surface area contributed by atoms with Crippen molar-refractivity contribution in [1.82, 2.24) is 0 Å². The minimum Gasteiger partial charge on any atom is -0.330 e. The molecule has 0 unspecified atom stereocenters. The minimum atomic E-state index is 0. The molecule has 0 aliphatic heterocycles. The molecule has 0 radical (unpaired) electrons. The normalized spacial score (nSPS) is 12.2. The van der Waals surface area contributed by atoms with Crippen molar-refractivity contribution in [3.63, 3.8) is 0 Å². The van der Waals surface area contributed by atoms with E-state index in [1.54, 1.807) is 11.3 Å². The van der Waals surface area contributed by atoms with Gasteiger partial charge in [-0.15, -0.1) is 12.4 Å². The number of thiophene rings is 1. The van der Waals surface area contributed by atoms with E-state index in [4.69, 9.17) is 11.5 Å². The van der Waals surface area contributed by atoms with Crippen molar-refractivity contribution in [2.45, 2.75) is 12.5 Å². The molecule has 1 heterocycles. The topological polar surface area (TPSA) is 52.0 Å². The first-order valence-electron chi connectivity index (χ1n) is 3.32. The van der Waals surface area contributed by atoms with Crippen molar-refractivity contribution in [2.75, 3.05) is 6.54 Å². The molecule has 2 nitrogen and oxygen atoms in total. The zero-order valence-electron chi connectivity index (χ0n) is 6.19. The van der Waals surface area contributed by atoms with E-state index in [1.165, 1.54) is 5.56 Å². The van der Waals surface area contributed by atoms with Crippen molar-refractivity contribution in [3.05, 3.63) is 22.4 Å². The fraction of sp³-hybridized carbons (Fsp3) is 0.429. The molecule has 0 saturated carbocycles.